The van der Waals surface area contributed by atoms with Gasteiger partial charge in [-0.3, -0.25) is 0 Å². The van der Waals surface area contributed by atoms with Crippen LogP contribution in [0.5, 0.6) is 0 Å². The number of hydrogen-bond acceptors (Lipinski definition) is 4. The molecule has 0 saturated carbocycles. The Morgan fingerprint density at radius 1 is 1.32 bits per heavy atom. The highest BCUT2D eigenvalue weighted by atomic mass is 16.6. The predicted molar refractivity (Wildman–Crippen MR) is 75.7 cm³/mol. The van der Waals surface area contributed by atoms with Crippen molar-refractivity contribution in [2.24, 2.45) is 5.16 Å². The van der Waals surface area contributed by atoms with Gasteiger partial charge in [0.15, 0.2) is 0 Å². The van der Waals surface area contributed by atoms with E-state index in [4.69, 9.17) is 9.57 Å². The first kappa shape index (κ1) is 15.0. The van der Waals surface area contributed by atoms with Crippen LogP contribution in [0.15, 0.2) is 35.5 Å². The second-order valence-corrected chi connectivity index (χ2v) is 4.10. The average molecular weight is 261 g/mol. The van der Waals surface area contributed by atoms with E-state index in [1.54, 1.807) is 13.0 Å². The van der Waals surface area contributed by atoms with Gasteiger partial charge in [0.2, 0.25) is 0 Å². The fourth-order valence-corrected chi connectivity index (χ4v) is 1.41. The van der Waals surface area contributed by atoms with Crippen molar-refractivity contribution in [2.75, 3.05) is 6.61 Å². The van der Waals surface area contributed by atoms with Crippen LogP contribution >= 0.6 is 0 Å². The Kier molecular flexibility index (Phi) is 6.36. The molecule has 1 aromatic rings. The third kappa shape index (κ3) is 5.86. The molecule has 0 bridgehead atoms. The zero-order valence-corrected chi connectivity index (χ0v) is 11.6. The van der Waals surface area contributed by atoms with Crippen LogP contribution in [0.1, 0.15) is 31.9 Å². The summed E-state index contributed by atoms with van der Waals surface area (Å²) in [4.78, 5) is 16.5. The first-order valence-electron chi connectivity index (χ1n) is 6.19. The van der Waals surface area contributed by atoms with Crippen molar-refractivity contribution in [3.05, 3.63) is 41.5 Å². The summed E-state index contributed by atoms with van der Waals surface area (Å²) >= 11 is 0. The van der Waals surface area contributed by atoms with Gasteiger partial charge in [0.25, 0.3) is 0 Å². The number of carbonyl (C=O) groups is 1. The second kappa shape index (κ2) is 8.08. The number of rotatable bonds is 6. The third-order valence-electron chi connectivity index (χ3n) is 2.21. The Morgan fingerprint density at radius 3 is 2.74 bits per heavy atom. The molecule has 0 aliphatic carbocycles. The smallest absolute Gasteiger partial charge is 0.330 e. The van der Waals surface area contributed by atoms with Gasteiger partial charge in [-0.05, 0) is 38.0 Å². The molecule has 0 spiro atoms. The zero-order valence-electron chi connectivity index (χ0n) is 11.6. The fraction of sp³-hybridized carbons (Fsp3) is 0.333. The Morgan fingerprint density at radius 2 is 2.05 bits per heavy atom. The van der Waals surface area contributed by atoms with E-state index >= 15 is 0 Å². The molecule has 0 aromatic heterocycles. The SMILES string of the molecule is CCOC(=O)/C=C/c1ccccc1CON=C(C)C. The van der Waals surface area contributed by atoms with Crippen molar-refractivity contribution < 1.29 is 14.4 Å². The van der Waals surface area contributed by atoms with Crippen LogP contribution in [0.4, 0.5) is 0 Å². The largest absolute Gasteiger partial charge is 0.463 e. The number of ether oxygens (including phenoxy) is 1. The molecule has 0 radical (unpaired) electrons. The van der Waals surface area contributed by atoms with Crippen molar-refractivity contribution in [1.29, 1.82) is 0 Å². The summed E-state index contributed by atoms with van der Waals surface area (Å²) in [5.74, 6) is -0.347. The van der Waals surface area contributed by atoms with Crippen LogP contribution in [-0.4, -0.2) is 18.3 Å². The van der Waals surface area contributed by atoms with E-state index in [9.17, 15) is 4.79 Å². The van der Waals surface area contributed by atoms with Gasteiger partial charge in [0, 0.05) is 6.08 Å². The zero-order chi connectivity index (χ0) is 14.1. The van der Waals surface area contributed by atoms with Crippen LogP contribution in [-0.2, 0) is 21.0 Å². The minimum absolute atomic E-state index is 0.347. The molecule has 4 nitrogen and oxygen atoms in total. The van der Waals surface area contributed by atoms with E-state index < -0.39 is 0 Å². The molecule has 0 aliphatic rings. The van der Waals surface area contributed by atoms with Crippen molar-refractivity contribution >= 4 is 17.8 Å². The maximum atomic E-state index is 11.3. The number of oxime groups is 1. The molecule has 1 rings (SSSR count). The summed E-state index contributed by atoms with van der Waals surface area (Å²) in [6.45, 7) is 6.25. The Balaban J connectivity index is 2.72. The van der Waals surface area contributed by atoms with E-state index in [2.05, 4.69) is 5.16 Å². The van der Waals surface area contributed by atoms with Crippen molar-refractivity contribution in [3.63, 3.8) is 0 Å². The molecule has 0 atom stereocenters. The van der Waals surface area contributed by atoms with Gasteiger partial charge >= 0.3 is 5.97 Å². The summed E-state index contributed by atoms with van der Waals surface area (Å²) in [5, 5.41) is 3.89. The average Bonchev–Trinajstić information content (AvgIpc) is 2.37. The lowest BCUT2D eigenvalue weighted by molar-refractivity contribution is -0.137. The van der Waals surface area contributed by atoms with Gasteiger partial charge in [0.05, 0.1) is 12.3 Å². The molecule has 0 unspecified atom stereocenters. The lowest BCUT2D eigenvalue weighted by Gasteiger charge is -2.05. The predicted octanol–water partition coefficient (Wildman–Crippen LogP) is 3.18. The Hall–Kier alpha value is -2.10. The summed E-state index contributed by atoms with van der Waals surface area (Å²) in [6.07, 6.45) is 3.13. The van der Waals surface area contributed by atoms with Gasteiger partial charge < -0.3 is 9.57 Å². The molecule has 1 aromatic carbocycles. The Bertz CT molecular complexity index is 474. The molecular weight excluding hydrogens is 242 g/mol. The summed E-state index contributed by atoms with van der Waals surface area (Å²) in [7, 11) is 0. The maximum Gasteiger partial charge on any atom is 0.330 e. The topological polar surface area (TPSA) is 47.9 Å². The first-order valence-corrected chi connectivity index (χ1v) is 6.19. The standard InChI is InChI=1S/C15H19NO3/c1-4-18-15(17)10-9-13-7-5-6-8-14(13)11-19-16-12(2)3/h5-10H,4,11H2,1-3H3/b10-9+. The van der Waals surface area contributed by atoms with E-state index in [1.165, 1.54) is 6.08 Å². The van der Waals surface area contributed by atoms with E-state index in [1.807, 2.05) is 38.1 Å². The highest BCUT2D eigenvalue weighted by Crippen LogP contribution is 2.12. The Labute approximate surface area is 113 Å². The lowest BCUT2D eigenvalue weighted by Crippen LogP contribution is -1.99. The van der Waals surface area contributed by atoms with Gasteiger partial charge in [-0.2, -0.15) is 0 Å². The second-order valence-electron chi connectivity index (χ2n) is 4.10. The highest BCUT2D eigenvalue weighted by Gasteiger charge is 2.00. The molecule has 102 valence electrons. The molecule has 0 aliphatic heterocycles. The quantitative estimate of drug-likeness (QED) is 0.342. The van der Waals surface area contributed by atoms with Gasteiger partial charge in [0.1, 0.15) is 6.61 Å². The molecule has 4 heteroatoms. The van der Waals surface area contributed by atoms with Gasteiger partial charge in [-0.15, -0.1) is 0 Å². The molecule has 0 saturated heterocycles. The number of carbonyl (C=O) groups excluding carboxylic acids is 1. The van der Waals surface area contributed by atoms with Crippen LogP contribution in [0, 0.1) is 0 Å². The summed E-state index contributed by atoms with van der Waals surface area (Å²) in [6, 6.07) is 7.67. The van der Waals surface area contributed by atoms with E-state index in [-0.39, 0.29) is 5.97 Å². The molecule has 0 fully saturated rings. The monoisotopic (exact) mass is 261 g/mol. The van der Waals surface area contributed by atoms with Crippen molar-refractivity contribution in [1.82, 2.24) is 0 Å². The number of esters is 1. The third-order valence-corrected chi connectivity index (χ3v) is 2.21. The molecule has 0 amide bonds. The number of hydrogen-bond donors (Lipinski definition) is 0. The highest BCUT2D eigenvalue weighted by molar-refractivity contribution is 5.87. The molecule has 0 N–H and O–H groups in total. The summed E-state index contributed by atoms with van der Waals surface area (Å²) < 4.78 is 4.84. The van der Waals surface area contributed by atoms with E-state index in [0.717, 1.165) is 16.8 Å². The number of benzene rings is 1. The maximum absolute atomic E-state index is 11.3. The van der Waals surface area contributed by atoms with E-state index in [0.29, 0.717) is 13.2 Å². The normalized spacial score (nSPS) is 10.3. The van der Waals surface area contributed by atoms with Crippen LogP contribution in [0.3, 0.4) is 0 Å². The molecule has 0 heterocycles. The number of nitrogens with zero attached hydrogens (tertiary/aromatic N) is 1. The van der Waals surface area contributed by atoms with Crippen molar-refractivity contribution in [3.8, 4) is 0 Å². The van der Waals surface area contributed by atoms with Crippen LogP contribution < -0.4 is 0 Å². The summed E-state index contributed by atoms with van der Waals surface area (Å²) in [5.41, 5.74) is 2.74. The van der Waals surface area contributed by atoms with Crippen LogP contribution in [0.25, 0.3) is 6.08 Å². The van der Waals surface area contributed by atoms with Crippen LogP contribution in [0.2, 0.25) is 0 Å². The van der Waals surface area contributed by atoms with Crippen molar-refractivity contribution in [2.45, 2.75) is 27.4 Å². The van der Waals surface area contributed by atoms with Gasteiger partial charge in [-0.1, -0.05) is 29.4 Å². The molecular formula is C15H19NO3. The lowest BCUT2D eigenvalue weighted by atomic mass is 10.1. The minimum Gasteiger partial charge on any atom is -0.463 e. The van der Waals surface area contributed by atoms with Gasteiger partial charge in [-0.25, -0.2) is 4.79 Å². The first-order chi connectivity index (χ1) is 9.13. The molecule has 19 heavy (non-hydrogen) atoms. The fourth-order valence-electron chi connectivity index (χ4n) is 1.41. The minimum atomic E-state index is -0.347.